The molecule has 0 saturated heterocycles. The summed E-state index contributed by atoms with van der Waals surface area (Å²) in [7, 11) is 0. The zero-order valence-electron chi connectivity index (χ0n) is 9.30. The molecule has 1 aromatic heterocycles. The van der Waals surface area contributed by atoms with Gasteiger partial charge in [0.1, 0.15) is 5.56 Å². The van der Waals surface area contributed by atoms with Crippen LogP contribution in [0.4, 0.5) is 39.5 Å². The highest BCUT2D eigenvalue weighted by Crippen LogP contribution is 2.55. The van der Waals surface area contributed by atoms with Crippen molar-refractivity contribution in [1.82, 2.24) is 9.97 Å². The molecule has 13 heteroatoms. The van der Waals surface area contributed by atoms with Crippen LogP contribution < -0.4 is 11.2 Å². The molecule has 0 radical (unpaired) electrons. The van der Waals surface area contributed by atoms with Crippen molar-refractivity contribution in [2.75, 3.05) is 0 Å². The maximum Gasteiger partial charge on any atom is 0.460 e. The van der Waals surface area contributed by atoms with Crippen LogP contribution in [-0.2, 0) is 5.92 Å². The molecular weight excluding hydrogens is 327 g/mol. The highest BCUT2D eigenvalue weighted by Gasteiger charge is 2.82. The highest BCUT2D eigenvalue weighted by atomic mass is 19.4. The van der Waals surface area contributed by atoms with Gasteiger partial charge in [-0.15, -0.1) is 0 Å². The summed E-state index contributed by atoms with van der Waals surface area (Å²) in [6, 6.07) is 0. The molecule has 0 fully saturated rings. The van der Waals surface area contributed by atoms with E-state index in [1.807, 2.05) is 0 Å². The van der Waals surface area contributed by atoms with Gasteiger partial charge >= 0.3 is 29.6 Å². The monoisotopic (exact) mass is 330 g/mol. The molecule has 0 aliphatic rings. The fourth-order valence-electron chi connectivity index (χ4n) is 1.19. The molecule has 21 heavy (non-hydrogen) atoms. The first-order chi connectivity index (χ1) is 9.16. The Morgan fingerprint density at radius 2 is 1.29 bits per heavy atom. The van der Waals surface area contributed by atoms with Gasteiger partial charge in [0, 0.05) is 6.20 Å². The van der Waals surface area contributed by atoms with E-state index >= 15 is 0 Å². The highest BCUT2D eigenvalue weighted by molar-refractivity contribution is 5.18. The summed E-state index contributed by atoms with van der Waals surface area (Å²) in [5, 5.41) is 0. The van der Waals surface area contributed by atoms with Crippen molar-refractivity contribution < 1.29 is 39.5 Å². The number of aromatic amines is 2. The molecule has 0 aliphatic heterocycles. The molecular formula is C8H3F9N2O2. The number of hydrogen-bond acceptors (Lipinski definition) is 2. The number of alkyl halides is 9. The zero-order chi connectivity index (χ0) is 16.9. The molecule has 0 spiro atoms. The predicted octanol–water partition coefficient (Wildman–Crippen LogP) is 1.99. The minimum absolute atomic E-state index is 0.373. The van der Waals surface area contributed by atoms with E-state index in [4.69, 9.17) is 0 Å². The molecule has 0 amide bonds. The average Bonchev–Trinajstić information content (AvgIpc) is 2.26. The lowest BCUT2D eigenvalue weighted by atomic mass is 9.99. The summed E-state index contributed by atoms with van der Waals surface area (Å²) in [5.41, 5.74) is -6.14. The van der Waals surface area contributed by atoms with Crippen molar-refractivity contribution in [3.05, 3.63) is 32.6 Å². The van der Waals surface area contributed by atoms with Crippen molar-refractivity contribution in [3.8, 4) is 0 Å². The molecule has 0 unspecified atom stereocenters. The molecule has 1 heterocycles. The Labute approximate surface area is 107 Å². The minimum Gasteiger partial charge on any atom is -0.314 e. The maximum absolute atomic E-state index is 13.3. The van der Waals surface area contributed by atoms with Gasteiger partial charge in [0.25, 0.3) is 5.56 Å². The predicted molar refractivity (Wildman–Crippen MR) is 47.5 cm³/mol. The normalized spacial score (nSPS) is 14.3. The lowest BCUT2D eigenvalue weighted by Crippen LogP contribution is -2.60. The third kappa shape index (κ3) is 2.40. The van der Waals surface area contributed by atoms with E-state index in [1.165, 1.54) is 4.98 Å². The van der Waals surface area contributed by atoms with Crippen LogP contribution in [0.15, 0.2) is 15.8 Å². The molecule has 120 valence electrons. The summed E-state index contributed by atoms with van der Waals surface area (Å²) >= 11 is 0. The number of aromatic nitrogens is 2. The zero-order valence-corrected chi connectivity index (χ0v) is 9.30. The lowest BCUT2D eigenvalue weighted by molar-refractivity contribution is -0.399. The molecule has 1 aromatic rings. The second-order valence-corrected chi connectivity index (χ2v) is 3.71. The average molecular weight is 330 g/mol. The quantitative estimate of drug-likeness (QED) is 0.833. The van der Waals surface area contributed by atoms with Crippen LogP contribution in [0.25, 0.3) is 0 Å². The van der Waals surface area contributed by atoms with E-state index in [1.54, 1.807) is 0 Å². The fraction of sp³-hybridized carbons (Fsp3) is 0.500. The van der Waals surface area contributed by atoms with Crippen LogP contribution in [0.1, 0.15) is 5.56 Å². The largest absolute Gasteiger partial charge is 0.460 e. The third-order valence-corrected chi connectivity index (χ3v) is 2.30. The standard InChI is InChI=1S/C8H3F9N2O2/c9-5(10,2-1-18-4(21)19-3(2)20)6(11,12)7(13,14)8(15,16)17/h1H,(H2,18,19,20,21). The Kier molecular flexibility index (Phi) is 3.69. The summed E-state index contributed by atoms with van der Waals surface area (Å²) in [5.74, 6) is -20.3. The lowest BCUT2D eigenvalue weighted by Gasteiger charge is -2.33. The first-order valence-corrected chi connectivity index (χ1v) is 4.69. The van der Waals surface area contributed by atoms with E-state index in [2.05, 4.69) is 0 Å². The Morgan fingerprint density at radius 3 is 1.67 bits per heavy atom. The Balaban J connectivity index is 3.54. The van der Waals surface area contributed by atoms with Gasteiger partial charge in [0.2, 0.25) is 0 Å². The maximum atomic E-state index is 13.3. The van der Waals surface area contributed by atoms with Crippen LogP contribution in [0.2, 0.25) is 0 Å². The van der Waals surface area contributed by atoms with E-state index < -0.39 is 40.8 Å². The number of halogens is 9. The van der Waals surface area contributed by atoms with Crippen molar-refractivity contribution in [3.63, 3.8) is 0 Å². The molecule has 0 aromatic carbocycles. The van der Waals surface area contributed by atoms with Gasteiger partial charge in [-0.3, -0.25) is 9.78 Å². The number of rotatable bonds is 3. The third-order valence-electron chi connectivity index (χ3n) is 2.30. The Bertz CT molecular complexity index is 642. The first kappa shape index (κ1) is 17.1. The van der Waals surface area contributed by atoms with Crippen molar-refractivity contribution in [2.24, 2.45) is 0 Å². The van der Waals surface area contributed by atoms with E-state index in [0.29, 0.717) is 0 Å². The summed E-state index contributed by atoms with van der Waals surface area (Å²) < 4.78 is 113. The van der Waals surface area contributed by atoms with Crippen LogP contribution >= 0.6 is 0 Å². The van der Waals surface area contributed by atoms with E-state index in [9.17, 15) is 49.1 Å². The number of hydrogen-bond donors (Lipinski definition) is 2. The van der Waals surface area contributed by atoms with Crippen LogP contribution in [0, 0.1) is 0 Å². The van der Waals surface area contributed by atoms with Gasteiger partial charge < -0.3 is 4.98 Å². The van der Waals surface area contributed by atoms with E-state index in [-0.39, 0.29) is 6.20 Å². The van der Waals surface area contributed by atoms with Crippen LogP contribution in [0.5, 0.6) is 0 Å². The van der Waals surface area contributed by atoms with Gasteiger partial charge in [0.05, 0.1) is 0 Å². The molecule has 1 rings (SSSR count). The van der Waals surface area contributed by atoms with Crippen molar-refractivity contribution in [1.29, 1.82) is 0 Å². The molecule has 0 bridgehead atoms. The smallest absolute Gasteiger partial charge is 0.314 e. The van der Waals surface area contributed by atoms with Gasteiger partial charge in [-0.05, 0) is 0 Å². The summed E-state index contributed by atoms with van der Waals surface area (Å²) in [6.45, 7) is 0. The second kappa shape index (κ2) is 4.53. The Morgan fingerprint density at radius 1 is 0.810 bits per heavy atom. The molecule has 0 aliphatic carbocycles. The van der Waals surface area contributed by atoms with Gasteiger partial charge in [-0.25, -0.2) is 4.79 Å². The number of nitrogens with one attached hydrogen (secondary N) is 2. The molecule has 2 N–H and O–H groups in total. The van der Waals surface area contributed by atoms with Crippen LogP contribution in [0.3, 0.4) is 0 Å². The molecule has 0 saturated carbocycles. The summed E-state index contributed by atoms with van der Waals surface area (Å²) in [4.78, 5) is 23.7. The molecule has 0 atom stereocenters. The van der Waals surface area contributed by atoms with E-state index in [0.717, 1.165) is 4.98 Å². The van der Waals surface area contributed by atoms with Crippen molar-refractivity contribution >= 4 is 0 Å². The molecule has 4 nitrogen and oxygen atoms in total. The SMILES string of the molecule is O=c1[nH]cc(C(F)(F)C(F)(F)C(F)(F)C(F)(F)F)c(=O)[nH]1. The Hall–Kier alpha value is -1.95. The van der Waals surface area contributed by atoms with Gasteiger partial charge in [0.15, 0.2) is 0 Å². The fourth-order valence-corrected chi connectivity index (χ4v) is 1.19. The topological polar surface area (TPSA) is 65.7 Å². The van der Waals surface area contributed by atoms with Gasteiger partial charge in [-0.2, -0.15) is 39.5 Å². The summed E-state index contributed by atoms with van der Waals surface area (Å²) in [6.07, 6.45) is -7.36. The minimum atomic E-state index is -7.12. The van der Waals surface area contributed by atoms with Gasteiger partial charge in [-0.1, -0.05) is 0 Å². The second-order valence-electron chi connectivity index (χ2n) is 3.71. The van der Waals surface area contributed by atoms with Crippen molar-refractivity contribution in [2.45, 2.75) is 23.9 Å². The first-order valence-electron chi connectivity index (χ1n) is 4.69. The number of H-pyrrole nitrogens is 2. The van der Waals surface area contributed by atoms with Crippen LogP contribution in [-0.4, -0.2) is 28.0 Å².